The van der Waals surface area contributed by atoms with Crippen molar-refractivity contribution in [2.24, 2.45) is 0 Å². The lowest BCUT2D eigenvalue weighted by Gasteiger charge is -2.31. The lowest BCUT2D eigenvalue weighted by molar-refractivity contribution is 0.117. The maximum absolute atomic E-state index is 15.0. The minimum absolute atomic E-state index is 0.543. The average molecular weight is 230 g/mol. The van der Waals surface area contributed by atoms with Crippen molar-refractivity contribution in [2.75, 3.05) is 13.1 Å². The van der Waals surface area contributed by atoms with Gasteiger partial charge in [0.2, 0.25) is 0 Å². The van der Waals surface area contributed by atoms with Gasteiger partial charge in [0.1, 0.15) is 5.67 Å². The fourth-order valence-electron chi connectivity index (χ4n) is 2.60. The summed E-state index contributed by atoms with van der Waals surface area (Å²) in [6, 6.07) is 7.77. The van der Waals surface area contributed by atoms with Gasteiger partial charge in [-0.05, 0) is 42.9 Å². The molecule has 0 saturated carbocycles. The molecule has 3 heteroatoms. The highest BCUT2D eigenvalue weighted by molar-refractivity contribution is 5.85. The molecule has 88 valence electrons. The molecule has 17 heavy (non-hydrogen) atoms. The Kier molecular flexibility index (Phi) is 2.56. The van der Waals surface area contributed by atoms with E-state index in [2.05, 4.69) is 10.3 Å². The summed E-state index contributed by atoms with van der Waals surface area (Å²) in [5, 5.41) is 5.21. The Balaban J connectivity index is 2.16. The fourth-order valence-corrected chi connectivity index (χ4v) is 2.60. The Morgan fingerprint density at radius 1 is 1.18 bits per heavy atom. The quantitative estimate of drug-likeness (QED) is 0.814. The maximum atomic E-state index is 15.0. The van der Waals surface area contributed by atoms with Crippen molar-refractivity contribution in [2.45, 2.75) is 18.5 Å². The van der Waals surface area contributed by atoms with Gasteiger partial charge in [-0.1, -0.05) is 18.2 Å². The number of alkyl halides is 1. The first-order valence-electron chi connectivity index (χ1n) is 6.02. The second-order valence-electron chi connectivity index (χ2n) is 4.62. The van der Waals surface area contributed by atoms with Gasteiger partial charge in [-0.2, -0.15) is 0 Å². The normalized spacial score (nSPS) is 19.4. The zero-order valence-corrected chi connectivity index (χ0v) is 9.62. The summed E-state index contributed by atoms with van der Waals surface area (Å²) in [5.74, 6) is 0. The molecule has 1 aromatic heterocycles. The van der Waals surface area contributed by atoms with Crippen molar-refractivity contribution in [1.29, 1.82) is 0 Å². The van der Waals surface area contributed by atoms with Gasteiger partial charge in [0.25, 0.3) is 0 Å². The summed E-state index contributed by atoms with van der Waals surface area (Å²) in [6.45, 7) is 1.49. The zero-order valence-electron chi connectivity index (χ0n) is 9.62. The van der Waals surface area contributed by atoms with Crippen LogP contribution in [0, 0.1) is 0 Å². The monoisotopic (exact) mass is 230 g/mol. The molecule has 0 radical (unpaired) electrons. The summed E-state index contributed by atoms with van der Waals surface area (Å²) in [5.41, 5.74) is -0.405. The van der Waals surface area contributed by atoms with Gasteiger partial charge in [0.15, 0.2) is 0 Å². The summed E-state index contributed by atoms with van der Waals surface area (Å²) in [6.07, 6.45) is 4.61. The molecule has 2 heterocycles. The summed E-state index contributed by atoms with van der Waals surface area (Å²) in [4.78, 5) is 4.12. The topological polar surface area (TPSA) is 24.9 Å². The van der Waals surface area contributed by atoms with Crippen LogP contribution in [0.25, 0.3) is 10.8 Å². The number of pyridine rings is 1. The smallest absolute Gasteiger partial charge is 0.139 e. The van der Waals surface area contributed by atoms with Gasteiger partial charge in [-0.25, -0.2) is 4.39 Å². The predicted octanol–water partition coefficient (Wildman–Crippen LogP) is 2.78. The molecule has 1 fully saturated rings. The molecule has 0 amide bonds. The number of hydrogen-bond donors (Lipinski definition) is 1. The summed E-state index contributed by atoms with van der Waals surface area (Å²) < 4.78 is 15.0. The zero-order chi connectivity index (χ0) is 11.7. The first kappa shape index (κ1) is 10.7. The largest absolute Gasteiger partial charge is 0.316 e. The molecule has 0 bridgehead atoms. The van der Waals surface area contributed by atoms with E-state index in [-0.39, 0.29) is 0 Å². The van der Waals surface area contributed by atoms with Crippen LogP contribution >= 0.6 is 0 Å². The first-order chi connectivity index (χ1) is 8.30. The fraction of sp³-hybridized carbons (Fsp3) is 0.357. The highest BCUT2D eigenvalue weighted by atomic mass is 19.1. The van der Waals surface area contributed by atoms with E-state index in [1.807, 2.05) is 24.3 Å². The number of nitrogens with zero attached hydrogens (tertiary/aromatic N) is 1. The lowest BCUT2D eigenvalue weighted by atomic mass is 9.84. The van der Waals surface area contributed by atoms with Crippen LogP contribution in [0.2, 0.25) is 0 Å². The molecule has 1 aliphatic heterocycles. The SMILES string of the molecule is FC1(c2cccc3ccncc23)CCNCC1. The van der Waals surface area contributed by atoms with Gasteiger partial charge in [0, 0.05) is 17.8 Å². The second-order valence-corrected chi connectivity index (χ2v) is 4.62. The number of aromatic nitrogens is 1. The van der Waals surface area contributed by atoms with Crippen molar-refractivity contribution >= 4 is 10.8 Å². The van der Waals surface area contributed by atoms with Crippen molar-refractivity contribution in [3.8, 4) is 0 Å². The third-order valence-electron chi connectivity index (χ3n) is 3.56. The second kappa shape index (κ2) is 4.08. The number of halogens is 1. The van der Waals surface area contributed by atoms with Crippen molar-refractivity contribution < 1.29 is 4.39 Å². The molecular weight excluding hydrogens is 215 g/mol. The molecule has 1 aromatic carbocycles. The molecule has 0 atom stereocenters. The van der Waals surface area contributed by atoms with E-state index in [0.29, 0.717) is 12.8 Å². The van der Waals surface area contributed by atoms with Crippen molar-refractivity contribution in [3.63, 3.8) is 0 Å². The van der Waals surface area contributed by atoms with E-state index >= 15 is 0 Å². The third-order valence-corrected chi connectivity index (χ3v) is 3.56. The van der Waals surface area contributed by atoms with Crippen LogP contribution in [-0.4, -0.2) is 18.1 Å². The Bertz CT molecular complexity index is 527. The Labute approximate surface area is 99.9 Å². The number of piperidine rings is 1. The predicted molar refractivity (Wildman–Crippen MR) is 66.6 cm³/mol. The van der Waals surface area contributed by atoms with Crippen LogP contribution in [0.4, 0.5) is 4.39 Å². The van der Waals surface area contributed by atoms with E-state index in [1.165, 1.54) is 0 Å². The minimum Gasteiger partial charge on any atom is -0.316 e. The Hall–Kier alpha value is -1.48. The van der Waals surface area contributed by atoms with E-state index in [9.17, 15) is 4.39 Å². The summed E-state index contributed by atoms with van der Waals surface area (Å²) in [7, 11) is 0. The van der Waals surface area contributed by atoms with Crippen LogP contribution in [0.5, 0.6) is 0 Å². The summed E-state index contributed by atoms with van der Waals surface area (Å²) >= 11 is 0. The lowest BCUT2D eigenvalue weighted by Crippen LogP contribution is -2.36. The van der Waals surface area contributed by atoms with Crippen molar-refractivity contribution in [3.05, 3.63) is 42.2 Å². The van der Waals surface area contributed by atoms with Gasteiger partial charge >= 0.3 is 0 Å². The van der Waals surface area contributed by atoms with Gasteiger partial charge in [-0.15, -0.1) is 0 Å². The molecule has 0 unspecified atom stereocenters. The van der Waals surface area contributed by atoms with Crippen LogP contribution < -0.4 is 5.32 Å². The van der Waals surface area contributed by atoms with E-state index in [0.717, 1.165) is 29.4 Å². The Morgan fingerprint density at radius 2 is 2.00 bits per heavy atom. The number of benzene rings is 1. The van der Waals surface area contributed by atoms with E-state index in [1.54, 1.807) is 12.4 Å². The molecule has 0 aliphatic carbocycles. The van der Waals surface area contributed by atoms with Crippen LogP contribution in [0.15, 0.2) is 36.7 Å². The van der Waals surface area contributed by atoms with Crippen LogP contribution in [0.3, 0.4) is 0 Å². The Morgan fingerprint density at radius 3 is 2.82 bits per heavy atom. The van der Waals surface area contributed by atoms with Gasteiger partial charge < -0.3 is 5.32 Å². The molecular formula is C14H15FN2. The molecule has 0 spiro atoms. The highest BCUT2D eigenvalue weighted by Crippen LogP contribution is 2.38. The molecule has 1 N–H and O–H groups in total. The maximum Gasteiger partial charge on any atom is 0.139 e. The standard InChI is InChI=1S/C14H15FN2/c15-14(5-8-16-9-6-14)13-3-1-2-11-4-7-17-10-12(11)13/h1-4,7,10,16H,5-6,8-9H2. The van der Waals surface area contributed by atoms with Crippen LogP contribution in [-0.2, 0) is 5.67 Å². The molecule has 3 rings (SSSR count). The molecule has 1 saturated heterocycles. The van der Waals surface area contributed by atoms with Gasteiger partial charge in [-0.3, -0.25) is 4.98 Å². The average Bonchev–Trinajstić information content (AvgIpc) is 2.39. The number of rotatable bonds is 1. The molecule has 2 nitrogen and oxygen atoms in total. The molecule has 1 aliphatic rings. The third kappa shape index (κ3) is 1.80. The highest BCUT2D eigenvalue weighted by Gasteiger charge is 2.34. The first-order valence-corrected chi connectivity index (χ1v) is 6.02. The van der Waals surface area contributed by atoms with Crippen LogP contribution in [0.1, 0.15) is 18.4 Å². The molecule has 2 aromatic rings. The van der Waals surface area contributed by atoms with E-state index in [4.69, 9.17) is 0 Å². The number of fused-ring (bicyclic) bond motifs is 1. The van der Waals surface area contributed by atoms with Gasteiger partial charge in [0.05, 0.1) is 0 Å². The number of hydrogen-bond acceptors (Lipinski definition) is 2. The van der Waals surface area contributed by atoms with E-state index < -0.39 is 5.67 Å². The van der Waals surface area contributed by atoms with Crippen molar-refractivity contribution in [1.82, 2.24) is 10.3 Å². The minimum atomic E-state index is -1.20. The number of nitrogens with one attached hydrogen (secondary N) is 1.